The van der Waals surface area contributed by atoms with Gasteiger partial charge in [-0.1, -0.05) is 67.5 Å². The van der Waals surface area contributed by atoms with Crippen molar-refractivity contribution in [1.82, 2.24) is 0 Å². The fourth-order valence-corrected chi connectivity index (χ4v) is 12.3. The van der Waals surface area contributed by atoms with E-state index in [0.717, 1.165) is 30.1 Å². The second kappa shape index (κ2) is 8.35. The lowest BCUT2D eigenvalue weighted by atomic mass is 9.41. The second-order valence-corrected chi connectivity index (χ2v) is 15.8. The highest BCUT2D eigenvalue weighted by Crippen LogP contribution is 2.91. The van der Waals surface area contributed by atoms with Crippen molar-refractivity contribution in [3.05, 3.63) is 12.2 Å². The second-order valence-electron chi connectivity index (χ2n) is 15.8. The SMILES string of the molecule is C=C(CC[C@@H](C)C1CC[C@@]2(C)C3CCC4C(C)(C)[C@@H](OC(C)=O)CC[C@@]45[C@@H](C)[C@@]35CC[C@]12C)C(C)C. The highest BCUT2D eigenvalue weighted by Gasteiger charge is 2.86. The monoisotopic (exact) mass is 496 g/mol. The van der Waals surface area contributed by atoms with Gasteiger partial charge in [0, 0.05) is 12.3 Å². The summed E-state index contributed by atoms with van der Waals surface area (Å²) < 4.78 is 5.94. The number of allylic oxidation sites excluding steroid dienone is 1. The summed E-state index contributed by atoms with van der Waals surface area (Å²) in [6.45, 7) is 26.1. The standard InChI is InChI=1S/C34H56O2/c1-21(2)22(3)11-12-23(4)26-15-17-32(10)28-14-13-27-30(7,8)29(36-25(6)35)16-18-33(27)24(5)34(28,33)20-19-31(26,32)9/h21,23-24,26-29H,3,11-20H2,1-2,4-10H3/t23-,24-,26?,27?,28?,29+,31-,32+,33-,34+/m1/s1. The Labute approximate surface area is 222 Å². The third kappa shape index (κ3) is 3.17. The number of ether oxygens (including phenoxy) is 1. The van der Waals surface area contributed by atoms with Crippen molar-refractivity contribution in [3.63, 3.8) is 0 Å². The summed E-state index contributed by atoms with van der Waals surface area (Å²) in [6.07, 6.45) is 13.4. The van der Waals surface area contributed by atoms with Gasteiger partial charge in [0.1, 0.15) is 6.10 Å². The van der Waals surface area contributed by atoms with Gasteiger partial charge in [-0.15, -0.1) is 0 Å². The molecule has 0 aromatic rings. The Balaban J connectivity index is 1.40. The fourth-order valence-electron chi connectivity index (χ4n) is 12.3. The topological polar surface area (TPSA) is 26.3 Å². The third-order valence-electron chi connectivity index (χ3n) is 14.5. The van der Waals surface area contributed by atoms with Crippen molar-refractivity contribution < 1.29 is 9.53 Å². The van der Waals surface area contributed by atoms with E-state index in [4.69, 9.17) is 4.74 Å². The zero-order chi connectivity index (χ0) is 26.5. The highest BCUT2D eigenvalue weighted by molar-refractivity contribution is 5.66. The molecule has 0 radical (unpaired) electrons. The third-order valence-corrected chi connectivity index (χ3v) is 14.5. The summed E-state index contributed by atoms with van der Waals surface area (Å²) in [5.74, 6) is 4.56. The molecule has 0 bridgehead atoms. The highest BCUT2D eigenvalue weighted by atomic mass is 16.5. The molecule has 0 N–H and O–H groups in total. The van der Waals surface area contributed by atoms with Crippen molar-refractivity contribution in [1.29, 1.82) is 0 Å². The normalized spacial score (nSPS) is 49.3. The minimum atomic E-state index is -0.0969. The number of hydrogen-bond acceptors (Lipinski definition) is 2. The smallest absolute Gasteiger partial charge is 0.302 e. The summed E-state index contributed by atoms with van der Waals surface area (Å²) >= 11 is 0. The number of hydrogen-bond donors (Lipinski definition) is 0. The molecule has 5 aliphatic carbocycles. The van der Waals surface area contributed by atoms with E-state index in [1.165, 1.54) is 63.4 Å². The van der Waals surface area contributed by atoms with Crippen LogP contribution in [0, 0.1) is 62.6 Å². The summed E-state index contributed by atoms with van der Waals surface area (Å²) in [4.78, 5) is 11.9. The fraction of sp³-hybridized carbons (Fsp3) is 0.912. The zero-order valence-electron chi connectivity index (χ0n) is 25.1. The van der Waals surface area contributed by atoms with E-state index in [2.05, 4.69) is 62.0 Å². The van der Waals surface area contributed by atoms with Gasteiger partial charge in [-0.25, -0.2) is 0 Å². The van der Waals surface area contributed by atoms with E-state index in [9.17, 15) is 4.79 Å². The predicted molar refractivity (Wildman–Crippen MR) is 149 cm³/mol. The lowest BCUT2D eigenvalue weighted by molar-refractivity contribution is -0.181. The first-order valence-electron chi connectivity index (χ1n) is 15.5. The van der Waals surface area contributed by atoms with Crippen LogP contribution in [0.1, 0.15) is 127 Å². The van der Waals surface area contributed by atoms with Gasteiger partial charge in [0.15, 0.2) is 0 Å². The van der Waals surface area contributed by atoms with Crippen molar-refractivity contribution in [2.45, 2.75) is 133 Å². The van der Waals surface area contributed by atoms with Crippen LogP contribution < -0.4 is 0 Å². The van der Waals surface area contributed by atoms with Crippen LogP contribution in [-0.2, 0) is 9.53 Å². The van der Waals surface area contributed by atoms with Crippen molar-refractivity contribution in [2.75, 3.05) is 0 Å². The molecule has 0 heterocycles. The Morgan fingerprint density at radius 2 is 1.53 bits per heavy atom. The Bertz CT molecular complexity index is 916. The summed E-state index contributed by atoms with van der Waals surface area (Å²) in [6, 6.07) is 0. The number of esters is 1. The summed E-state index contributed by atoms with van der Waals surface area (Å²) in [5, 5.41) is 0. The number of fused-ring (bicyclic) bond motifs is 2. The molecule has 2 nitrogen and oxygen atoms in total. The first-order valence-corrected chi connectivity index (χ1v) is 15.5. The Morgan fingerprint density at radius 3 is 2.17 bits per heavy atom. The van der Waals surface area contributed by atoms with Gasteiger partial charge in [0.25, 0.3) is 0 Å². The van der Waals surface area contributed by atoms with Gasteiger partial charge >= 0.3 is 5.97 Å². The molecule has 2 spiro atoms. The van der Waals surface area contributed by atoms with Crippen LogP contribution in [0.25, 0.3) is 0 Å². The van der Waals surface area contributed by atoms with Gasteiger partial charge in [-0.2, -0.15) is 0 Å². The van der Waals surface area contributed by atoms with Gasteiger partial charge < -0.3 is 4.74 Å². The zero-order valence-corrected chi connectivity index (χ0v) is 25.1. The maximum atomic E-state index is 11.9. The Morgan fingerprint density at radius 1 is 0.889 bits per heavy atom. The molecule has 0 aliphatic heterocycles. The number of carbonyl (C=O) groups is 1. The van der Waals surface area contributed by atoms with Crippen LogP contribution in [0.2, 0.25) is 0 Å². The van der Waals surface area contributed by atoms with Gasteiger partial charge in [0.05, 0.1) is 0 Å². The first kappa shape index (κ1) is 26.8. The van der Waals surface area contributed by atoms with Gasteiger partial charge in [0.2, 0.25) is 0 Å². The van der Waals surface area contributed by atoms with E-state index >= 15 is 0 Å². The van der Waals surface area contributed by atoms with E-state index in [0.29, 0.717) is 33.5 Å². The molecular formula is C34H56O2. The van der Waals surface area contributed by atoms with Crippen molar-refractivity contribution in [3.8, 4) is 0 Å². The largest absolute Gasteiger partial charge is 0.462 e. The van der Waals surface area contributed by atoms with Crippen molar-refractivity contribution in [2.24, 2.45) is 62.6 Å². The molecule has 0 aromatic heterocycles. The maximum Gasteiger partial charge on any atom is 0.302 e. The lowest BCUT2D eigenvalue weighted by Gasteiger charge is -2.63. The Hall–Kier alpha value is -0.790. The minimum absolute atomic E-state index is 0.0832. The van der Waals surface area contributed by atoms with Crippen LogP contribution in [0.3, 0.4) is 0 Å². The minimum Gasteiger partial charge on any atom is -0.462 e. The van der Waals surface area contributed by atoms with E-state index in [-0.39, 0.29) is 17.5 Å². The van der Waals surface area contributed by atoms with Crippen molar-refractivity contribution >= 4 is 5.97 Å². The van der Waals surface area contributed by atoms with E-state index < -0.39 is 0 Å². The van der Waals surface area contributed by atoms with Gasteiger partial charge in [-0.05, 0) is 121 Å². The molecular weight excluding hydrogens is 440 g/mol. The predicted octanol–water partition coefficient (Wildman–Crippen LogP) is 9.23. The molecule has 5 rings (SSSR count). The van der Waals surface area contributed by atoms with Crippen LogP contribution in [0.4, 0.5) is 0 Å². The average Bonchev–Trinajstić information content (AvgIpc) is 3.19. The van der Waals surface area contributed by atoms with Crippen LogP contribution in [-0.4, -0.2) is 12.1 Å². The average molecular weight is 497 g/mol. The number of carbonyl (C=O) groups excluding carboxylic acids is 1. The maximum absolute atomic E-state index is 11.9. The lowest BCUT2D eigenvalue weighted by Crippen LogP contribution is -2.58. The van der Waals surface area contributed by atoms with E-state index in [1.807, 2.05) is 0 Å². The molecule has 36 heavy (non-hydrogen) atoms. The summed E-state index contributed by atoms with van der Waals surface area (Å²) in [5.41, 5.74) is 3.49. The molecule has 204 valence electrons. The molecule has 5 fully saturated rings. The molecule has 0 amide bonds. The molecule has 10 atom stereocenters. The van der Waals surface area contributed by atoms with Crippen LogP contribution in [0.5, 0.6) is 0 Å². The Kier molecular flexibility index (Phi) is 6.22. The first-order chi connectivity index (χ1) is 16.7. The molecule has 2 heteroatoms. The summed E-state index contributed by atoms with van der Waals surface area (Å²) in [7, 11) is 0. The molecule has 0 saturated heterocycles. The molecule has 5 saturated carbocycles. The molecule has 3 unspecified atom stereocenters. The van der Waals surface area contributed by atoms with Crippen LogP contribution >= 0.6 is 0 Å². The van der Waals surface area contributed by atoms with Crippen LogP contribution in [0.15, 0.2) is 12.2 Å². The van der Waals surface area contributed by atoms with Gasteiger partial charge in [-0.3, -0.25) is 4.79 Å². The molecule has 5 aliphatic rings. The quantitative estimate of drug-likeness (QED) is 0.270. The number of rotatable bonds is 6. The van der Waals surface area contributed by atoms with E-state index in [1.54, 1.807) is 6.92 Å². The molecule has 0 aromatic carbocycles.